The van der Waals surface area contributed by atoms with Crippen LogP contribution in [0.5, 0.6) is 5.75 Å². The van der Waals surface area contributed by atoms with Crippen molar-refractivity contribution < 1.29 is 14.3 Å². The summed E-state index contributed by atoms with van der Waals surface area (Å²) in [4.78, 5) is 27.3. The van der Waals surface area contributed by atoms with Crippen molar-refractivity contribution >= 4 is 17.2 Å². The summed E-state index contributed by atoms with van der Waals surface area (Å²) in [6.07, 6.45) is 6.21. The van der Waals surface area contributed by atoms with E-state index in [9.17, 15) is 4.79 Å². The van der Waals surface area contributed by atoms with Crippen LogP contribution in [0.15, 0.2) is 36.8 Å². The number of carbonyl (C=O) groups excluding carboxylic acids is 1. The van der Waals surface area contributed by atoms with E-state index in [4.69, 9.17) is 9.47 Å². The number of aromatic nitrogens is 3. The van der Waals surface area contributed by atoms with Crippen LogP contribution < -0.4 is 10.1 Å². The highest BCUT2D eigenvalue weighted by Gasteiger charge is 2.19. The van der Waals surface area contributed by atoms with Gasteiger partial charge in [-0.3, -0.25) is 14.8 Å². The van der Waals surface area contributed by atoms with Crippen LogP contribution in [-0.4, -0.2) is 40.7 Å². The second-order valence-corrected chi connectivity index (χ2v) is 9.08. The maximum absolute atomic E-state index is 13.0. The first kappa shape index (κ1) is 21.4. The zero-order valence-electron chi connectivity index (χ0n) is 17.9. The van der Waals surface area contributed by atoms with Crippen molar-refractivity contribution in [3.63, 3.8) is 0 Å². The van der Waals surface area contributed by atoms with Crippen LogP contribution in [0.2, 0.25) is 0 Å². The fourth-order valence-electron chi connectivity index (χ4n) is 3.33. The van der Waals surface area contributed by atoms with Gasteiger partial charge < -0.3 is 14.8 Å². The van der Waals surface area contributed by atoms with Gasteiger partial charge in [0.2, 0.25) is 0 Å². The summed E-state index contributed by atoms with van der Waals surface area (Å²) in [6.45, 7) is 7.85. The molecule has 7 nitrogen and oxygen atoms in total. The number of hydrogen-bond acceptors (Lipinski definition) is 7. The van der Waals surface area contributed by atoms with Gasteiger partial charge in [-0.15, -0.1) is 11.3 Å². The molecule has 0 aliphatic carbocycles. The van der Waals surface area contributed by atoms with Crippen LogP contribution in [0.25, 0.3) is 10.6 Å². The zero-order chi connectivity index (χ0) is 21.8. The lowest BCUT2D eigenvalue weighted by atomic mass is 10.1. The molecule has 0 bridgehead atoms. The molecule has 0 saturated carbocycles. The van der Waals surface area contributed by atoms with Crippen molar-refractivity contribution in [1.82, 2.24) is 20.3 Å². The molecule has 1 aliphatic heterocycles. The van der Waals surface area contributed by atoms with E-state index in [1.54, 1.807) is 29.8 Å². The van der Waals surface area contributed by atoms with Gasteiger partial charge in [-0.2, -0.15) is 0 Å². The van der Waals surface area contributed by atoms with Crippen molar-refractivity contribution in [3.8, 4) is 16.3 Å². The molecule has 1 N–H and O–H groups in total. The van der Waals surface area contributed by atoms with Gasteiger partial charge in [-0.25, -0.2) is 4.98 Å². The van der Waals surface area contributed by atoms with Crippen molar-refractivity contribution in [2.45, 2.75) is 33.2 Å². The molecule has 8 heteroatoms. The molecule has 162 valence electrons. The number of amides is 1. The highest BCUT2D eigenvalue weighted by Crippen LogP contribution is 2.30. The summed E-state index contributed by atoms with van der Waals surface area (Å²) in [5.41, 5.74) is 2.94. The monoisotopic (exact) mass is 438 g/mol. The third-order valence-corrected chi connectivity index (χ3v) is 6.10. The minimum absolute atomic E-state index is 0.195. The first-order valence-electron chi connectivity index (χ1n) is 10.4. The number of nitrogens with one attached hydrogen (secondary N) is 1. The SMILES string of the molecule is Cc1cnc([C@@H](C)NC(=O)c2cc(OCC3CCOC3)cc(-c3ncc(C)s3)c2)cn1. The van der Waals surface area contributed by atoms with Crippen LogP contribution >= 0.6 is 11.3 Å². The van der Waals surface area contributed by atoms with Gasteiger partial charge in [0.1, 0.15) is 10.8 Å². The van der Waals surface area contributed by atoms with E-state index in [2.05, 4.69) is 20.3 Å². The van der Waals surface area contributed by atoms with E-state index in [0.29, 0.717) is 36.1 Å². The minimum atomic E-state index is -0.272. The molecule has 1 saturated heterocycles. The summed E-state index contributed by atoms with van der Waals surface area (Å²) >= 11 is 1.59. The maximum Gasteiger partial charge on any atom is 0.251 e. The fraction of sp³-hybridized carbons (Fsp3) is 0.391. The molecular formula is C23H26N4O3S. The van der Waals surface area contributed by atoms with Gasteiger partial charge in [0, 0.05) is 40.9 Å². The standard InChI is InChI=1S/C23H26N4O3S/c1-14-9-25-21(11-24-14)16(3)27-22(28)18-6-19(23-26-10-15(2)31-23)8-20(7-18)30-13-17-4-5-29-12-17/h6-11,16-17H,4-5,12-13H2,1-3H3,(H,27,28)/t16-,17?/m1/s1. The second kappa shape index (κ2) is 9.53. The highest BCUT2D eigenvalue weighted by molar-refractivity contribution is 7.14. The predicted octanol–water partition coefficient (Wildman–Crippen LogP) is 4.12. The quantitative estimate of drug-likeness (QED) is 0.597. The molecule has 2 aromatic heterocycles. The molecule has 2 atom stereocenters. The van der Waals surface area contributed by atoms with Crippen LogP contribution in [0.1, 0.15) is 46.0 Å². The van der Waals surface area contributed by atoms with E-state index < -0.39 is 0 Å². The van der Waals surface area contributed by atoms with E-state index in [0.717, 1.165) is 34.2 Å². The molecule has 31 heavy (non-hydrogen) atoms. The Bertz CT molecular complexity index is 1050. The third-order valence-electron chi connectivity index (χ3n) is 5.14. The summed E-state index contributed by atoms with van der Waals surface area (Å²) in [5.74, 6) is 0.840. The van der Waals surface area contributed by atoms with E-state index in [1.807, 2.05) is 39.1 Å². The maximum atomic E-state index is 13.0. The topological polar surface area (TPSA) is 86.2 Å². The fourth-order valence-corrected chi connectivity index (χ4v) is 4.09. The number of rotatable bonds is 7. The second-order valence-electron chi connectivity index (χ2n) is 7.84. The molecule has 1 aliphatic rings. The number of carbonyl (C=O) groups is 1. The molecular weight excluding hydrogens is 412 g/mol. The number of hydrogen-bond donors (Lipinski definition) is 1. The molecule has 1 unspecified atom stereocenters. The van der Waals surface area contributed by atoms with Gasteiger partial charge in [0.05, 0.1) is 36.8 Å². The van der Waals surface area contributed by atoms with Gasteiger partial charge in [0.15, 0.2) is 0 Å². The molecule has 3 aromatic rings. The number of ether oxygens (including phenoxy) is 2. The normalized spacial score (nSPS) is 16.8. The minimum Gasteiger partial charge on any atom is -0.493 e. The third kappa shape index (κ3) is 5.45. The Labute approximate surface area is 185 Å². The highest BCUT2D eigenvalue weighted by atomic mass is 32.1. The predicted molar refractivity (Wildman–Crippen MR) is 119 cm³/mol. The summed E-state index contributed by atoms with van der Waals surface area (Å²) in [6, 6.07) is 5.31. The number of thiazole rings is 1. The Morgan fingerprint density at radius 3 is 2.77 bits per heavy atom. The van der Waals surface area contributed by atoms with Crippen molar-refractivity contribution in [2.24, 2.45) is 5.92 Å². The first-order valence-corrected chi connectivity index (χ1v) is 11.2. The Kier molecular flexibility index (Phi) is 6.58. The smallest absolute Gasteiger partial charge is 0.251 e. The van der Waals surface area contributed by atoms with Crippen molar-refractivity contribution in [1.29, 1.82) is 0 Å². The van der Waals surface area contributed by atoms with Gasteiger partial charge >= 0.3 is 0 Å². The van der Waals surface area contributed by atoms with E-state index in [-0.39, 0.29) is 11.9 Å². The Balaban J connectivity index is 1.56. The molecule has 1 aromatic carbocycles. The molecule has 3 heterocycles. The summed E-state index contributed by atoms with van der Waals surface area (Å²) < 4.78 is 11.5. The molecule has 1 fully saturated rings. The van der Waals surface area contributed by atoms with Crippen LogP contribution in [0.4, 0.5) is 0 Å². The first-order chi connectivity index (χ1) is 15.0. The zero-order valence-corrected chi connectivity index (χ0v) is 18.7. The average Bonchev–Trinajstić information content (AvgIpc) is 3.44. The number of nitrogens with zero attached hydrogens (tertiary/aromatic N) is 3. The largest absolute Gasteiger partial charge is 0.493 e. The summed E-state index contributed by atoms with van der Waals surface area (Å²) in [7, 11) is 0. The number of aryl methyl sites for hydroxylation is 2. The number of benzene rings is 1. The Morgan fingerprint density at radius 2 is 2.10 bits per heavy atom. The average molecular weight is 439 g/mol. The van der Waals surface area contributed by atoms with E-state index >= 15 is 0 Å². The lowest BCUT2D eigenvalue weighted by molar-refractivity contribution is 0.0938. The molecule has 4 rings (SSSR count). The lowest BCUT2D eigenvalue weighted by Crippen LogP contribution is -2.27. The van der Waals surface area contributed by atoms with Crippen molar-refractivity contribution in [3.05, 3.63) is 58.6 Å². The van der Waals surface area contributed by atoms with Gasteiger partial charge in [-0.05, 0) is 45.4 Å². The summed E-state index contributed by atoms with van der Waals surface area (Å²) in [5, 5.41) is 3.87. The van der Waals surface area contributed by atoms with Crippen molar-refractivity contribution in [2.75, 3.05) is 19.8 Å². The Morgan fingerprint density at radius 1 is 1.23 bits per heavy atom. The van der Waals surface area contributed by atoms with Crippen LogP contribution in [-0.2, 0) is 4.74 Å². The van der Waals surface area contributed by atoms with Gasteiger partial charge in [0.25, 0.3) is 5.91 Å². The lowest BCUT2D eigenvalue weighted by Gasteiger charge is -2.15. The van der Waals surface area contributed by atoms with Gasteiger partial charge in [-0.1, -0.05) is 0 Å². The molecule has 0 radical (unpaired) electrons. The van der Waals surface area contributed by atoms with Crippen LogP contribution in [0, 0.1) is 19.8 Å². The molecule has 1 amide bonds. The van der Waals surface area contributed by atoms with Crippen LogP contribution in [0.3, 0.4) is 0 Å². The molecule has 0 spiro atoms. The van der Waals surface area contributed by atoms with E-state index in [1.165, 1.54) is 0 Å². The Hall–Kier alpha value is -2.84.